The van der Waals surface area contributed by atoms with E-state index in [1.165, 1.54) is 6.07 Å². The fraction of sp³-hybridized carbons (Fsp3) is 0.500. The summed E-state index contributed by atoms with van der Waals surface area (Å²) in [5.74, 6) is -0.0867. The predicted molar refractivity (Wildman–Crippen MR) is 73.1 cm³/mol. The Morgan fingerprint density at radius 2 is 2.33 bits per heavy atom. The van der Waals surface area contributed by atoms with Crippen molar-refractivity contribution in [1.29, 1.82) is 0 Å². The standard InChI is InChI=1S/C14H17BrFNO/c1-2-14(6-3-7-17-14)13(18)9-10-4-5-12(16)11(15)8-10/h4-5,8,17H,2-3,6-7,9H2,1H3. The lowest BCUT2D eigenvalue weighted by molar-refractivity contribution is -0.124. The second-order valence-electron chi connectivity index (χ2n) is 4.81. The molecule has 1 heterocycles. The average Bonchev–Trinajstić information content (AvgIpc) is 2.84. The van der Waals surface area contributed by atoms with E-state index in [0.29, 0.717) is 10.9 Å². The first-order chi connectivity index (χ1) is 8.57. The van der Waals surface area contributed by atoms with Gasteiger partial charge in [-0.25, -0.2) is 4.39 Å². The molecule has 18 heavy (non-hydrogen) atoms. The molecule has 1 N–H and O–H groups in total. The van der Waals surface area contributed by atoms with Gasteiger partial charge in [-0.1, -0.05) is 13.0 Å². The molecular weight excluding hydrogens is 297 g/mol. The Balaban J connectivity index is 2.13. The molecule has 98 valence electrons. The fourth-order valence-electron chi connectivity index (χ4n) is 2.55. The van der Waals surface area contributed by atoms with Crippen LogP contribution in [0.15, 0.2) is 22.7 Å². The van der Waals surface area contributed by atoms with Crippen molar-refractivity contribution in [2.45, 2.75) is 38.1 Å². The number of carbonyl (C=O) groups excluding carboxylic acids is 1. The van der Waals surface area contributed by atoms with E-state index in [1.54, 1.807) is 12.1 Å². The van der Waals surface area contributed by atoms with Gasteiger partial charge in [-0.2, -0.15) is 0 Å². The van der Waals surface area contributed by atoms with Gasteiger partial charge in [-0.15, -0.1) is 0 Å². The highest BCUT2D eigenvalue weighted by Gasteiger charge is 2.38. The number of hydrogen-bond acceptors (Lipinski definition) is 2. The average molecular weight is 314 g/mol. The zero-order valence-electron chi connectivity index (χ0n) is 10.4. The van der Waals surface area contributed by atoms with Crippen LogP contribution in [0.2, 0.25) is 0 Å². The van der Waals surface area contributed by atoms with Crippen molar-refractivity contribution in [3.05, 3.63) is 34.1 Å². The van der Waals surface area contributed by atoms with Crippen LogP contribution in [0.25, 0.3) is 0 Å². The second kappa shape index (κ2) is 5.49. The molecule has 2 nitrogen and oxygen atoms in total. The molecular formula is C14H17BrFNO. The Bertz CT molecular complexity index is 455. The van der Waals surface area contributed by atoms with E-state index in [2.05, 4.69) is 21.2 Å². The van der Waals surface area contributed by atoms with Gasteiger partial charge in [-0.05, 0) is 59.4 Å². The summed E-state index contributed by atoms with van der Waals surface area (Å²) >= 11 is 3.15. The monoisotopic (exact) mass is 313 g/mol. The number of hydrogen-bond donors (Lipinski definition) is 1. The summed E-state index contributed by atoms with van der Waals surface area (Å²) in [6, 6.07) is 4.76. The summed E-state index contributed by atoms with van der Waals surface area (Å²) in [6.07, 6.45) is 3.13. The van der Waals surface area contributed by atoms with Gasteiger partial charge >= 0.3 is 0 Å². The van der Waals surface area contributed by atoms with Crippen LogP contribution in [0.5, 0.6) is 0 Å². The first-order valence-corrected chi connectivity index (χ1v) is 7.09. The third-order valence-corrected chi connectivity index (χ3v) is 4.34. The van der Waals surface area contributed by atoms with Crippen molar-refractivity contribution in [1.82, 2.24) is 5.32 Å². The molecule has 0 amide bonds. The van der Waals surface area contributed by atoms with E-state index in [1.807, 2.05) is 6.92 Å². The Morgan fingerprint density at radius 3 is 2.89 bits per heavy atom. The minimum absolute atomic E-state index is 0.209. The van der Waals surface area contributed by atoms with Crippen LogP contribution < -0.4 is 5.32 Å². The minimum Gasteiger partial charge on any atom is -0.305 e. The summed E-state index contributed by atoms with van der Waals surface area (Å²) in [4.78, 5) is 12.4. The lowest BCUT2D eigenvalue weighted by Crippen LogP contribution is -2.47. The molecule has 1 atom stereocenters. The van der Waals surface area contributed by atoms with Gasteiger partial charge in [0.1, 0.15) is 5.82 Å². The molecule has 0 radical (unpaired) electrons. The molecule has 4 heteroatoms. The highest BCUT2D eigenvalue weighted by molar-refractivity contribution is 9.10. The minimum atomic E-state index is -0.360. The van der Waals surface area contributed by atoms with E-state index in [-0.39, 0.29) is 17.1 Å². The fourth-order valence-corrected chi connectivity index (χ4v) is 2.97. The first-order valence-electron chi connectivity index (χ1n) is 6.29. The molecule has 0 aliphatic carbocycles. The molecule has 1 aliphatic heterocycles. The molecule has 0 bridgehead atoms. The van der Waals surface area contributed by atoms with Gasteiger partial charge in [-0.3, -0.25) is 4.79 Å². The Labute approximate surface area is 115 Å². The number of halogens is 2. The van der Waals surface area contributed by atoms with Crippen molar-refractivity contribution < 1.29 is 9.18 Å². The van der Waals surface area contributed by atoms with Crippen molar-refractivity contribution in [3.8, 4) is 0 Å². The zero-order chi connectivity index (χ0) is 13.2. The molecule has 0 saturated carbocycles. The topological polar surface area (TPSA) is 29.1 Å². The lowest BCUT2D eigenvalue weighted by Gasteiger charge is -2.26. The van der Waals surface area contributed by atoms with Crippen LogP contribution in [-0.2, 0) is 11.2 Å². The summed E-state index contributed by atoms with van der Waals surface area (Å²) in [7, 11) is 0. The van der Waals surface area contributed by atoms with Gasteiger partial charge < -0.3 is 5.32 Å². The van der Waals surface area contributed by atoms with Crippen LogP contribution in [0, 0.1) is 5.82 Å². The van der Waals surface area contributed by atoms with E-state index < -0.39 is 0 Å². The van der Waals surface area contributed by atoms with Crippen molar-refractivity contribution in [2.75, 3.05) is 6.54 Å². The largest absolute Gasteiger partial charge is 0.305 e. The number of benzene rings is 1. The molecule has 1 aliphatic rings. The van der Waals surface area contributed by atoms with Crippen molar-refractivity contribution in [2.24, 2.45) is 0 Å². The molecule has 0 aromatic heterocycles. The number of ketones is 1. The number of rotatable bonds is 4. The maximum absolute atomic E-state index is 13.1. The van der Waals surface area contributed by atoms with E-state index in [4.69, 9.17) is 0 Å². The highest BCUT2D eigenvalue weighted by Crippen LogP contribution is 2.26. The van der Waals surface area contributed by atoms with Gasteiger partial charge in [0.05, 0.1) is 10.0 Å². The van der Waals surface area contributed by atoms with Crippen LogP contribution in [0.4, 0.5) is 4.39 Å². The van der Waals surface area contributed by atoms with Crippen molar-refractivity contribution >= 4 is 21.7 Å². The third kappa shape index (κ3) is 2.64. The number of carbonyl (C=O) groups is 1. The van der Waals surface area contributed by atoms with Crippen molar-refractivity contribution in [3.63, 3.8) is 0 Å². The van der Waals surface area contributed by atoms with Crippen LogP contribution in [0.3, 0.4) is 0 Å². The Morgan fingerprint density at radius 1 is 1.56 bits per heavy atom. The first kappa shape index (κ1) is 13.7. The van der Waals surface area contributed by atoms with Gasteiger partial charge in [0.25, 0.3) is 0 Å². The summed E-state index contributed by atoms with van der Waals surface area (Å²) in [6.45, 7) is 2.95. The SMILES string of the molecule is CCC1(C(=O)Cc2ccc(F)c(Br)c2)CCCN1. The smallest absolute Gasteiger partial charge is 0.157 e. The normalized spacial score (nSPS) is 23.3. The Hall–Kier alpha value is -0.740. The van der Waals surface area contributed by atoms with E-state index in [9.17, 15) is 9.18 Å². The molecule has 1 aromatic rings. The lowest BCUT2D eigenvalue weighted by atomic mass is 9.86. The van der Waals surface area contributed by atoms with Crippen LogP contribution in [0.1, 0.15) is 31.7 Å². The Kier molecular flexibility index (Phi) is 4.17. The number of Topliss-reactive ketones (excluding diaryl/α,β-unsaturated/α-hetero) is 1. The molecule has 1 saturated heterocycles. The predicted octanol–water partition coefficient (Wildman–Crippen LogP) is 3.23. The quantitative estimate of drug-likeness (QED) is 0.924. The van der Waals surface area contributed by atoms with E-state index in [0.717, 1.165) is 31.4 Å². The third-order valence-electron chi connectivity index (χ3n) is 3.73. The maximum atomic E-state index is 13.1. The van der Waals surface area contributed by atoms with Gasteiger partial charge in [0.2, 0.25) is 0 Å². The maximum Gasteiger partial charge on any atom is 0.157 e. The zero-order valence-corrected chi connectivity index (χ0v) is 12.0. The second-order valence-corrected chi connectivity index (χ2v) is 5.67. The van der Waals surface area contributed by atoms with Gasteiger partial charge in [0, 0.05) is 6.42 Å². The molecule has 2 rings (SSSR count). The molecule has 1 unspecified atom stereocenters. The molecule has 1 fully saturated rings. The summed E-state index contributed by atoms with van der Waals surface area (Å²) in [5.41, 5.74) is 0.496. The van der Waals surface area contributed by atoms with Crippen LogP contribution in [-0.4, -0.2) is 17.9 Å². The number of nitrogens with one attached hydrogen (secondary N) is 1. The summed E-state index contributed by atoms with van der Waals surface area (Å²) < 4.78 is 13.5. The molecule has 1 aromatic carbocycles. The van der Waals surface area contributed by atoms with Gasteiger partial charge in [0.15, 0.2) is 5.78 Å². The molecule has 0 spiro atoms. The highest BCUT2D eigenvalue weighted by atomic mass is 79.9. The summed E-state index contributed by atoms with van der Waals surface area (Å²) in [5, 5.41) is 3.33. The van der Waals surface area contributed by atoms with E-state index >= 15 is 0 Å². The van der Waals surface area contributed by atoms with Crippen LogP contribution >= 0.6 is 15.9 Å².